The van der Waals surface area contributed by atoms with E-state index < -0.39 is 23.6 Å². The van der Waals surface area contributed by atoms with Gasteiger partial charge in [-0.1, -0.05) is 56.7 Å². The zero-order valence-corrected chi connectivity index (χ0v) is 15.6. The predicted molar refractivity (Wildman–Crippen MR) is 101 cm³/mol. The summed E-state index contributed by atoms with van der Waals surface area (Å²) in [6.45, 7) is 5.78. The van der Waals surface area contributed by atoms with Crippen LogP contribution in [0.3, 0.4) is 0 Å². The number of rotatable bonds is 8. The third kappa shape index (κ3) is 4.94. The number of esters is 2. The molecule has 0 aliphatic carbocycles. The first-order valence-electron chi connectivity index (χ1n) is 9.04. The van der Waals surface area contributed by atoms with Gasteiger partial charge in [-0.15, -0.1) is 0 Å². The van der Waals surface area contributed by atoms with Crippen LogP contribution < -0.4 is 0 Å². The van der Waals surface area contributed by atoms with Gasteiger partial charge in [-0.25, -0.2) is 9.59 Å². The molecule has 138 valence electrons. The Balaban J connectivity index is 2.18. The van der Waals surface area contributed by atoms with E-state index in [0.29, 0.717) is 24.0 Å². The molecule has 0 spiro atoms. The summed E-state index contributed by atoms with van der Waals surface area (Å²) in [6.07, 6.45) is 1.43. The van der Waals surface area contributed by atoms with Crippen molar-refractivity contribution in [3.05, 3.63) is 71.8 Å². The van der Waals surface area contributed by atoms with Gasteiger partial charge in [0, 0.05) is 0 Å². The van der Waals surface area contributed by atoms with Crippen molar-refractivity contribution < 1.29 is 19.1 Å². The Bertz CT molecular complexity index is 711. The summed E-state index contributed by atoms with van der Waals surface area (Å²) in [5.41, 5.74) is 0.0826. The van der Waals surface area contributed by atoms with Crippen LogP contribution in [0.5, 0.6) is 0 Å². The van der Waals surface area contributed by atoms with Crippen molar-refractivity contribution in [2.45, 2.75) is 51.7 Å². The lowest BCUT2D eigenvalue weighted by atomic mass is 9.91. The minimum absolute atomic E-state index is 0.407. The van der Waals surface area contributed by atoms with E-state index in [1.54, 1.807) is 48.5 Å². The van der Waals surface area contributed by atoms with Gasteiger partial charge in [0.25, 0.3) is 0 Å². The van der Waals surface area contributed by atoms with Gasteiger partial charge in [0.1, 0.15) is 11.7 Å². The van der Waals surface area contributed by atoms with Gasteiger partial charge < -0.3 is 9.47 Å². The summed E-state index contributed by atoms with van der Waals surface area (Å²) in [7, 11) is 0. The van der Waals surface area contributed by atoms with E-state index in [2.05, 4.69) is 0 Å². The van der Waals surface area contributed by atoms with Gasteiger partial charge in [-0.05, 0) is 44.0 Å². The highest BCUT2D eigenvalue weighted by Crippen LogP contribution is 2.29. The summed E-state index contributed by atoms with van der Waals surface area (Å²) < 4.78 is 11.6. The van der Waals surface area contributed by atoms with Crippen LogP contribution in [-0.2, 0) is 9.47 Å². The fraction of sp³-hybridized carbons (Fsp3) is 0.364. The Kier molecular flexibility index (Phi) is 6.96. The lowest BCUT2D eigenvalue weighted by molar-refractivity contribution is -0.0931. The van der Waals surface area contributed by atoms with E-state index in [4.69, 9.17) is 9.47 Å². The van der Waals surface area contributed by atoms with Gasteiger partial charge in [0.2, 0.25) is 0 Å². The predicted octanol–water partition coefficient (Wildman–Crippen LogP) is 5.04. The molecule has 0 saturated carbocycles. The molecule has 0 N–H and O–H groups in total. The van der Waals surface area contributed by atoms with Crippen LogP contribution in [0.2, 0.25) is 0 Å². The molecule has 4 nitrogen and oxygen atoms in total. The van der Waals surface area contributed by atoms with Gasteiger partial charge in [-0.2, -0.15) is 0 Å². The molecular weight excluding hydrogens is 328 g/mol. The fourth-order valence-corrected chi connectivity index (χ4v) is 3.03. The number of benzene rings is 2. The molecule has 0 amide bonds. The van der Waals surface area contributed by atoms with Gasteiger partial charge in [0.15, 0.2) is 0 Å². The van der Waals surface area contributed by atoms with E-state index in [9.17, 15) is 9.59 Å². The van der Waals surface area contributed by atoms with E-state index in [1.165, 1.54) is 0 Å². The standard InChI is InChI=1S/C22H26O4/c1-4-16-22(3,26-21(24)18-14-10-7-11-15-18)19(5-2)25-20(23)17-12-8-6-9-13-17/h6-15,19H,4-5,16H2,1-3H3. The van der Waals surface area contributed by atoms with E-state index in [1.807, 2.05) is 32.9 Å². The van der Waals surface area contributed by atoms with Crippen molar-refractivity contribution in [1.82, 2.24) is 0 Å². The Morgan fingerprint density at radius 3 is 1.85 bits per heavy atom. The normalized spacial score (nSPS) is 14.1. The third-order valence-electron chi connectivity index (χ3n) is 4.39. The van der Waals surface area contributed by atoms with Crippen LogP contribution in [0.15, 0.2) is 60.7 Å². The Hall–Kier alpha value is -2.62. The number of hydrogen-bond donors (Lipinski definition) is 0. The molecule has 26 heavy (non-hydrogen) atoms. The summed E-state index contributed by atoms with van der Waals surface area (Å²) in [5, 5.41) is 0. The van der Waals surface area contributed by atoms with Crippen molar-refractivity contribution in [2.75, 3.05) is 0 Å². The maximum absolute atomic E-state index is 12.5. The molecule has 0 radical (unpaired) electrons. The number of carbonyl (C=O) groups excluding carboxylic acids is 2. The molecule has 4 heteroatoms. The first-order chi connectivity index (χ1) is 12.5. The van der Waals surface area contributed by atoms with E-state index in [0.717, 1.165) is 6.42 Å². The highest BCUT2D eigenvalue weighted by Gasteiger charge is 2.39. The third-order valence-corrected chi connectivity index (χ3v) is 4.39. The quantitative estimate of drug-likeness (QED) is 0.623. The smallest absolute Gasteiger partial charge is 0.338 e. The van der Waals surface area contributed by atoms with Crippen LogP contribution in [0.25, 0.3) is 0 Å². The molecule has 2 aromatic carbocycles. The maximum Gasteiger partial charge on any atom is 0.338 e. The second kappa shape index (κ2) is 9.18. The zero-order valence-electron chi connectivity index (χ0n) is 15.6. The van der Waals surface area contributed by atoms with Crippen molar-refractivity contribution in [3.63, 3.8) is 0 Å². The summed E-state index contributed by atoms with van der Waals surface area (Å²) in [6, 6.07) is 17.7. The fourth-order valence-electron chi connectivity index (χ4n) is 3.03. The Morgan fingerprint density at radius 1 is 0.885 bits per heavy atom. The van der Waals surface area contributed by atoms with Gasteiger partial charge >= 0.3 is 11.9 Å². The molecule has 0 aromatic heterocycles. The first-order valence-corrected chi connectivity index (χ1v) is 9.04. The van der Waals surface area contributed by atoms with E-state index >= 15 is 0 Å². The van der Waals surface area contributed by atoms with Gasteiger partial charge in [0.05, 0.1) is 11.1 Å². The minimum atomic E-state index is -0.888. The zero-order chi connectivity index (χ0) is 19.0. The van der Waals surface area contributed by atoms with Crippen LogP contribution >= 0.6 is 0 Å². The summed E-state index contributed by atoms with van der Waals surface area (Å²) >= 11 is 0. The highest BCUT2D eigenvalue weighted by molar-refractivity contribution is 5.90. The number of hydrogen-bond acceptors (Lipinski definition) is 4. The SMILES string of the molecule is CCCC(C)(OC(=O)c1ccccc1)C(CC)OC(=O)c1ccccc1. The maximum atomic E-state index is 12.5. The lowest BCUT2D eigenvalue weighted by Gasteiger charge is -2.36. The van der Waals surface area contributed by atoms with Crippen LogP contribution in [-0.4, -0.2) is 23.6 Å². The monoisotopic (exact) mass is 354 g/mol. The molecule has 2 rings (SSSR count). The average molecular weight is 354 g/mol. The molecule has 2 atom stereocenters. The van der Waals surface area contributed by atoms with Crippen LogP contribution in [0.4, 0.5) is 0 Å². The molecule has 0 heterocycles. The molecule has 2 aromatic rings. The highest BCUT2D eigenvalue weighted by atomic mass is 16.6. The van der Waals surface area contributed by atoms with E-state index in [-0.39, 0.29) is 0 Å². The van der Waals surface area contributed by atoms with Crippen molar-refractivity contribution >= 4 is 11.9 Å². The Morgan fingerprint density at radius 2 is 1.38 bits per heavy atom. The topological polar surface area (TPSA) is 52.6 Å². The molecule has 0 aliphatic rings. The Labute approximate surface area is 155 Å². The molecular formula is C22H26O4. The lowest BCUT2D eigenvalue weighted by Crippen LogP contribution is -2.46. The second-order valence-corrected chi connectivity index (χ2v) is 6.49. The molecule has 0 saturated heterocycles. The van der Waals surface area contributed by atoms with Crippen molar-refractivity contribution in [2.24, 2.45) is 0 Å². The average Bonchev–Trinajstić information content (AvgIpc) is 2.67. The molecule has 0 aliphatic heterocycles. The largest absolute Gasteiger partial charge is 0.455 e. The molecule has 2 unspecified atom stereocenters. The number of ether oxygens (including phenoxy) is 2. The first kappa shape index (κ1) is 19.7. The number of carbonyl (C=O) groups is 2. The van der Waals surface area contributed by atoms with Gasteiger partial charge in [-0.3, -0.25) is 0 Å². The molecule has 0 bridgehead atoms. The molecule has 0 fully saturated rings. The van der Waals surface area contributed by atoms with Crippen molar-refractivity contribution in [1.29, 1.82) is 0 Å². The van der Waals surface area contributed by atoms with Crippen molar-refractivity contribution in [3.8, 4) is 0 Å². The van der Waals surface area contributed by atoms with Crippen LogP contribution in [0, 0.1) is 0 Å². The summed E-state index contributed by atoms with van der Waals surface area (Å²) in [4.78, 5) is 25.0. The second-order valence-electron chi connectivity index (χ2n) is 6.49. The van der Waals surface area contributed by atoms with Crippen LogP contribution in [0.1, 0.15) is 60.7 Å². The summed E-state index contributed by atoms with van der Waals surface area (Å²) in [5.74, 6) is -0.814. The minimum Gasteiger partial charge on any atom is -0.455 e.